The zero-order valence-corrected chi connectivity index (χ0v) is 18.5. The molecule has 7 nitrogen and oxygen atoms in total. The maximum Gasteiger partial charge on any atom is 0.274 e. The van der Waals surface area contributed by atoms with Crippen LogP contribution in [-0.2, 0) is 24.3 Å². The van der Waals surface area contributed by atoms with Crippen LogP contribution in [0.15, 0.2) is 52.1 Å². The van der Waals surface area contributed by atoms with Crippen LogP contribution in [0, 0.1) is 11.8 Å². The van der Waals surface area contributed by atoms with Crippen LogP contribution < -0.4 is 11.1 Å². The van der Waals surface area contributed by atoms with Crippen LogP contribution in [0.1, 0.15) is 37.6 Å². The van der Waals surface area contributed by atoms with E-state index in [-0.39, 0.29) is 41.2 Å². The fourth-order valence-corrected chi connectivity index (χ4v) is 5.26. The number of benzene rings is 1. The summed E-state index contributed by atoms with van der Waals surface area (Å²) in [6.07, 6.45) is 1.17. The van der Waals surface area contributed by atoms with Gasteiger partial charge in [0.05, 0.1) is 17.5 Å². The van der Waals surface area contributed by atoms with E-state index in [2.05, 4.69) is 5.10 Å². The van der Waals surface area contributed by atoms with Crippen LogP contribution in [0.3, 0.4) is 0 Å². The van der Waals surface area contributed by atoms with Gasteiger partial charge in [0.1, 0.15) is 0 Å². The predicted molar refractivity (Wildman–Crippen MR) is 123 cm³/mol. The fraction of sp³-hybridized carbons (Fsp3) is 0.440. The molecule has 1 amide bonds. The SMILES string of the molecule is CC(C)Cn1nc(CC(=O)N2CC3CC(C2)c2cccc(=O)n2C3)c2ccccc2c1=O. The van der Waals surface area contributed by atoms with Gasteiger partial charge in [-0.15, -0.1) is 0 Å². The smallest absolute Gasteiger partial charge is 0.274 e. The zero-order valence-electron chi connectivity index (χ0n) is 18.5. The molecule has 2 aromatic heterocycles. The van der Waals surface area contributed by atoms with Gasteiger partial charge in [0.25, 0.3) is 11.1 Å². The molecular weight excluding hydrogens is 404 g/mol. The van der Waals surface area contributed by atoms with E-state index in [1.807, 2.05) is 59.7 Å². The maximum atomic E-state index is 13.4. The van der Waals surface area contributed by atoms with Gasteiger partial charge in [0, 0.05) is 49.2 Å². The second-order valence-corrected chi connectivity index (χ2v) is 9.55. The highest BCUT2D eigenvalue weighted by molar-refractivity contribution is 5.88. The summed E-state index contributed by atoms with van der Waals surface area (Å²) in [6.45, 7) is 6.54. The van der Waals surface area contributed by atoms with Gasteiger partial charge in [-0.1, -0.05) is 38.1 Å². The van der Waals surface area contributed by atoms with Gasteiger partial charge in [0.15, 0.2) is 0 Å². The molecule has 0 aliphatic carbocycles. The molecule has 1 saturated heterocycles. The van der Waals surface area contributed by atoms with E-state index in [1.54, 1.807) is 6.07 Å². The first-order valence-corrected chi connectivity index (χ1v) is 11.4. The highest BCUT2D eigenvalue weighted by atomic mass is 16.2. The Morgan fingerprint density at radius 3 is 2.59 bits per heavy atom. The summed E-state index contributed by atoms with van der Waals surface area (Å²) in [7, 11) is 0. The lowest BCUT2D eigenvalue weighted by Crippen LogP contribution is -2.49. The van der Waals surface area contributed by atoms with Gasteiger partial charge < -0.3 is 9.47 Å². The number of rotatable bonds is 4. The second kappa shape index (κ2) is 8.04. The summed E-state index contributed by atoms with van der Waals surface area (Å²) in [6, 6.07) is 12.8. The highest BCUT2D eigenvalue weighted by Crippen LogP contribution is 2.35. The van der Waals surface area contributed by atoms with Crippen LogP contribution in [0.25, 0.3) is 10.8 Å². The molecule has 5 rings (SSSR count). The van der Waals surface area contributed by atoms with Crippen molar-refractivity contribution in [2.24, 2.45) is 11.8 Å². The van der Waals surface area contributed by atoms with E-state index in [0.717, 1.165) is 17.5 Å². The first kappa shape index (κ1) is 20.7. The summed E-state index contributed by atoms with van der Waals surface area (Å²) in [5, 5.41) is 5.96. The van der Waals surface area contributed by atoms with Gasteiger partial charge >= 0.3 is 0 Å². The quantitative estimate of drug-likeness (QED) is 0.634. The largest absolute Gasteiger partial charge is 0.341 e. The first-order valence-electron chi connectivity index (χ1n) is 11.4. The second-order valence-electron chi connectivity index (χ2n) is 9.55. The Morgan fingerprint density at radius 2 is 1.81 bits per heavy atom. The molecule has 2 bridgehead atoms. The van der Waals surface area contributed by atoms with Gasteiger partial charge in [-0.25, -0.2) is 4.68 Å². The molecule has 166 valence electrons. The molecule has 7 heteroatoms. The minimum atomic E-state index is -0.111. The van der Waals surface area contributed by atoms with Crippen molar-refractivity contribution in [1.82, 2.24) is 19.2 Å². The van der Waals surface area contributed by atoms with Gasteiger partial charge in [-0.05, 0) is 30.4 Å². The van der Waals surface area contributed by atoms with E-state index in [0.29, 0.717) is 37.3 Å². The molecule has 0 radical (unpaired) electrons. The molecule has 4 heterocycles. The maximum absolute atomic E-state index is 13.4. The van der Waals surface area contributed by atoms with E-state index in [4.69, 9.17) is 0 Å². The summed E-state index contributed by atoms with van der Waals surface area (Å²) in [5.74, 6) is 0.763. The van der Waals surface area contributed by atoms with Crippen LogP contribution in [0.2, 0.25) is 0 Å². The minimum absolute atomic E-state index is 0.0267. The Hall–Kier alpha value is -3.22. The molecule has 0 N–H and O–H groups in total. The number of pyridine rings is 1. The molecule has 2 aliphatic heterocycles. The molecule has 2 unspecified atom stereocenters. The van der Waals surface area contributed by atoms with Crippen molar-refractivity contribution in [1.29, 1.82) is 0 Å². The number of carbonyl (C=O) groups excluding carboxylic acids is 1. The van der Waals surface area contributed by atoms with E-state index in [9.17, 15) is 14.4 Å². The average molecular weight is 433 g/mol. The minimum Gasteiger partial charge on any atom is -0.341 e. The molecule has 3 aromatic rings. The molecule has 1 aromatic carbocycles. The summed E-state index contributed by atoms with van der Waals surface area (Å²) >= 11 is 0. The van der Waals surface area contributed by atoms with E-state index < -0.39 is 0 Å². The third kappa shape index (κ3) is 3.66. The summed E-state index contributed by atoms with van der Waals surface area (Å²) in [4.78, 5) is 40.4. The molecule has 1 fully saturated rings. The number of hydrogen-bond donors (Lipinski definition) is 0. The Balaban J connectivity index is 1.44. The van der Waals surface area contributed by atoms with Crippen molar-refractivity contribution in [2.45, 2.75) is 45.7 Å². The van der Waals surface area contributed by atoms with E-state index in [1.165, 1.54) is 4.68 Å². The number of carbonyl (C=O) groups is 1. The lowest BCUT2D eigenvalue weighted by atomic mass is 9.83. The number of piperidine rings is 1. The van der Waals surface area contributed by atoms with Crippen LogP contribution in [-0.4, -0.2) is 38.2 Å². The van der Waals surface area contributed by atoms with Crippen molar-refractivity contribution in [3.8, 4) is 0 Å². The van der Waals surface area contributed by atoms with Crippen LogP contribution >= 0.6 is 0 Å². The van der Waals surface area contributed by atoms with Crippen molar-refractivity contribution in [3.05, 3.63) is 74.6 Å². The van der Waals surface area contributed by atoms with Gasteiger partial charge in [-0.2, -0.15) is 5.10 Å². The number of nitrogens with zero attached hydrogens (tertiary/aromatic N) is 4. The monoisotopic (exact) mass is 432 g/mol. The Bertz CT molecular complexity index is 1310. The van der Waals surface area contributed by atoms with E-state index >= 15 is 0 Å². The standard InChI is InChI=1S/C25H28N4O3/c1-16(2)12-29-25(32)20-7-4-3-6-19(20)21(26-29)11-24(31)27-13-17-10-18(15-27)22-8-5-9-23(30)28(22)14-17/h3-9,16-18H,10-15H2,1-2H3. The topological polar surface area (TPSA) is 77.2 Å². The first-order chi connectivity index (χ1) is 15.4. The number of amides is 1. The fourth-order valence-electron chi connectivity index (χ4n) is 5.26. The Morgan fingerprint density at radius 1 is 1.03 bits per heavy atom. The van der Waals surface area contributed by atoms with Crippen molar-refractivity contribution in [2.75, 3.05) is 13.1 Å². The number of hydrogen-bond acceptors (Lipinski definition) is 4. The summed E-state index contributed by atoms with van der Waals surface area (Å²) in [5.41, 5.74) is 1.61. The highest BCUT2D eigenvalue weighted by Gasteiger charge is 2.36. The average Bonchev–Trinajstić information content (AvgIpc) is 2.77. The number of aromatic nitrogens is 3. The number of fused-ring (bicyclic) bond motifs is 5. The van der Waals surface area contributed by atoms with Crippen molar-refractivity contribution >= 4 is 16.7 Å². The third-order valence-corrected chi connectivity index (χ3v) is 6.63. The molecule has 2 atom stereocenters. The molecule has 0 saturated carbocycles. The molecule has 2 aliphatic rings. The molecule has 32 heavy (non-hydrogen) atoms. The summed E-state index contributed by atoms with van der Waals surface area (Å²) < 4.78 is 3.38. The Kier molecular flexibility index (Phi) is 5.19. The number of likely N-dealkylation sites (tertiary alicyclic amines) is 1. The van der Waals surface area contributed by atoms with Gasteiger partial charge in [-0.3, -0.25) is 14.4 Å². The van der Waals surface area contributed by atoms with Crippen LogP contribution in [0.5, 0.6) is 0 Å². The molecular formula is C25H28N4O3. The zero-order chi connectivity index (χ0) is 22.4. The lowest BCUT2D eigenvalue weighted by Gasteiger charge is -2.42. The van der Waals surface area contributed by atoms with Crippen molar-refractivity contribution < 1.29 is 4.79 Å². The normalized spacial score (nSPS) is 19.9. The third-order valence-electron chi connectivity index (χ3n) is 6.63. The Labute approximate surface area is 186 Å². The van der Waals surface area contributed by atoms with Crippen LogP contribution in [0.4, 0.5) is 0 Å². The lowest BCUT2D eigenvalue weighted by molar-refractivity contribution is -0.133. The van der Waals surface area contributed by atoms with Crippen molar-refractivity contribution in [3.63, 3.8) is 0 Å². The predicted octanol–water partition coefficient (Wildman–Crippen LogP) is 2.40. The molecule has 0 spiro atoms. The van der Waals surface area contributed by atoms with Gasteiger partial charge in [0.2, 0.25) is 5.91 Å².